The standard InChI is InChI=1S/C14H15ClN2O2/c1-14(2,3)12-8-11(13(18)19)17(16-12)10-6-4-5-9(15)7-10/h4-8H,1-3H3,(H,18,19). The summed E-state index contributed by atoms with van der Waals surface area (Å²) in [5.74, 6) is -1.01. The molecule has 1 heterocycles. The predicted molar refractivity (Wildman–Crippen MR) is 74.2 cm³/mol. The largest absolute Gasteiger partial charge is 0.477 e. The Labute approximate surface area is 116 Å². The number of rotatable bonds is 2. The Morgan fingerprint density at radius 3 is 2.53 bits per heavy atom. The van der Waals surface area contributed by atoms with Crippen molar-refractivity contribution in [2.45, 2.75) is 26.2 Å². The van der Waals surface area contributed by atoms with Crippen LogP contribution in [0.15, 0.2) is 30.3 Å². The summed E-state index contributed by atoms with van der Waals surface area (Å²) < 4.78 is 1.41. The fraction of sp³-hybridized carbons (Fsp3) is 0.286. The van der Waals surface area contributed by atoms with Crippen LogP contribution in [0.3, 0.4) is 0 Å². The van der Waals surface area contributed by atoms with Crippen molar-refractivity contribution in [2.75, 3.05) is 0 Å². The van der Waals surface area contributed by atoms with Crippen LogP contribution in [-0.4, -0.2) is 20.9 Å². The molecule has 4 nitrogen and oxygen atoms in total. The van der Waals surface area contributed by atoms with Crippen LogP contribution in [0.2, 0.25) is 5.02 Å². The molecule has 0 spiro atoms. The van der Waals surface area contributed by atoms with Crippen molar-refractivity contribution in [1.82, 2.24) is 9.78 Å². The Hall–Kier alpha value is -1.81. The van der Waals surface area contributed by atoms with Gasteiger partial charge in [0.2, 0.25) is 0 Å². The molecule has 19 heavy (non-hydrogen) atoms. The van der Waals surface area contributed by atoms with Crippen LogP contribution in [0, 0.1) is 0 Å². The molecule has 0 aliphatic carbocycles. The number of halogens is 1. The molecule has 1 aromatic carbocycles. The monoisotopic (exact) mass is 278 g/mol. The predicted octanol–water partition coefficient (Wildman–Crippen LogP) is 3.52. The third-order valence-corrected chi connectivity index (χ3v) is 2.98. The number of hydrogen-bond donors (Lipinski definition) is 1. The van der Waals surface area contributed by atoms with Gasteiger partial charge >= 0.3 is 5.97 Å². The average molecular weight is 279 g/mol. The van der Waals surface area contributed by atoms with Crippen LogP contribution in [0.25, 0.3) is 5.69 Å². The number of hydrogen-bond acceptors (Lipinski definition) is 2. The van der Waals surface area contributed by atoms with E-state index in [0.717, 1.165) is 5.69 Å². The van der Waals surface area contributed by atoms with Crippen molar-refractivity contribution in [3.8, 4) is 5.69 Å². The maximum Gasteiger partial charge on any atom is 0.354 e. The molecule has 0 fully saturated rings. The van der Waals surface area contributed by atoms with Gasteiger partial charge in [0.15, 0.2) is 5.69 Å². The van der Waals surface area contributed by atoms with Crippen LogP contribution >= 0.6 is 11.6 Å². The highest BCUT2D eigenvalue weighted by atomic mass is 35.5. The SMILES string of the molecule is CC(C)(C)c1cc(C(=O)O)n(-c2cccc(Cl)c2)n1. The first-order valence-corrected chi connectivity index (χ1v) is 6.26. The number of nitrogens with zero attached hydrogens (tertiary/aromatic N) is 2. The average Bonchev–Trinajstić information content (AvgIpc) is 2.73. The van der Waals surface area contributed by atoms with Crippen molar-refractivity contribution < 1.29 is 9.90 Å². The summed E-state index contributed by atoms with van der Waals surface area (Å²) >= 11 is 5.93. The zero-order chi connectivity index (χ0) is 14.2. The molecule has 0 atom stereocenters. The third-order valence-electron chi connectivity index (χ3n) is 2.75. The lowest BCUT2D eigenvalue weighted by atomic mass is 9.92. The van der Waals surface area contributed by atoms with Gasteiger partial charge < -0.3 is 5.11 Å². The molecule has 0 amide bonds. The second-order valence-corrected chi connectivity index (χ2v) is 5.80. The summed E-state index contributed by atoms with van der Waals surface area (Å²) in [6, 6.07) is 8.57. The summed E-state index contributed by atoms with van der Waals surface area (Å²) in [4.78, 5) is 11.3. The van der Waals surface area contributed by atoms with Gasteiger partial charge in [-0.25, -0.2) is 9.48 Å². The van der Waals surface area contributed by atoms with E-state index in [0.29, 0.717) is 10.7 Å². The first-order valence-electron chi connectivity index (χ1n) is 5.89. The molecular weight excluding hydrogens is 264 g/mol. The molecule has 0 saturated carbocycles. The Bertz CT molecular complexity index is 627. The van der Waals surface area contributed by atoms with Crippen LogP contribution in [0.1, 0.15) is 37.0 Å². The smallest absolute Gasteiger partial charge is 0.354 e. The van der Waals surface area contributed by atoms with Gasteiger partial charge in [-0.3, -0.25) is 0 Å². The van der Waals surface area contributed by atoms with Crippen molar-refractivity contribution in [1.29, 1.82) is 0 Å². The summed E-state index contributed by atoms with van der Waals surface area (Å²) in [6.45, 7) is 5.97. The number of carbonyl (C=O) groups is 1. The molecule has 0 saturated heterocycles. The number of aromatic nitrogens is 2. The zero-order valence-electron chi connectivity index (χ0n) is 11.0. The van der Waals surface area contributed by atoms with E-state index in [4.69, 9.17) is 11.6 Å². The van der Waals surface area contributed by atoms with Gasteiger partial charge in [-0.15, -0.1) is 0 Å². The molecule has 0 radical (unpaired) electrons. The van der Waals surface area contributed by atoms with Crippen molar-refractivity contribution in [3.63, 3.8) is 0 Å². The lowest BCUT2D eigenvalue weighted by Gasteiger charge is -2.14. The Balaban J connectivity index is 2.62. The Morgan fingerprint density at radius 1 is 1.32 bits per heavy atom. The molecule has 0 unspecified atom stereocenters. The van der Waals surface area contributed by atoms with Gasteiger partial charge in [-0.05, 0) is 24.3 Å². The molecule has 1 aromatic heterocycles. The van der Waals surface area contributed by atoms with Crippen molar-refractivity contribution >= 4 is 17.6 Å². The minimum absolute atomic E-state index is 0.132. The van der Waals surface area contributed by atoms with E-state index in [1.54, 1.807) is 30.3 Å². The second kappa shape index (κ2) is 4.70. The third kappa shape index (κ3) is 2.79. The van der Waals surface area contributed by atoms with Gasteiger partial charge in [0.25, 0.3) is 0 Å². The van der Waals surface area contributed by atoms with E-state index in [-0.39, 0.29) is 11.1 Å². The number of benzene rings is 1. The first kappa shape index (κ1) is 13.6. The van der Waals surface area contributed by atoms with Crippen LogP contribution < -0.4 is 0 Å². The van der Waals surface area contributed by atoms with Gasteiger partial charge in [-0.2, -0.15) is 5.10 Å². The van der Waals surface area contributed by atoms with E-state index in [1.807, 2.05) is 20.8 Å². The lowest BCUT2D eigenvalue weighted by Crippen LogP contribution is -2.12. The summed E-state index contributed by atoms with van der Waals surface area (Å²) in [5, 5.41) is 14.2. The van der Waals surface area contributed by atoms with Gasteiger partial charge in [-0.1, -0.05) is 38.4 Å². The molecule has 2 aromatic rings. The summed E-state index contributed by atoms with van der Waals surface area (Å²) in [7, 11) is 0. The number of carboxylic acid groups (broad SMARTS) is 1. The van der Waals surface area contributed by atoms with E-state index in [2.05, 4.69) is 5.10 Å². The lowest BCUT2D eigenvalue weighted by molar-refractivity contribution is 0.0687. The number of carboxylic acids is 1. The molecule has 0 aliphatic heterocycles. The zero-order valence-corrected chi connectivity index (χ0v) is 11.8. The highest BCUT2D eigenvalue weighted by Crippen LogP contribution is 2.24. The molecule has 5 heteroatoms. The normalized spacial score (nSPS) is 11.6. The van der Waals surface area contributed by atoms with Gasteiger partial charge in [0.05, 0.1) is 11.4 Å². The molecule has 0 aliphatic rings. The van der Waals surface area contributed by atoms with E-state index < -0.39 is 5.97 Å². The van der Waals surface area contributed by atoms with Crippen LogP contribution in [-0.2, 0) is 5.41 Å². The van der Waals surface area contributed by atoms with Crippen molar-refractivity contribution in [2.24, 2.45) is 0 Å². The van der Waals surface area contributed by atoms with Crippen molar-refractivity contribution in [3.05, 3.63) is 46.7 Å². The van der Waals surface area contributed by atoms with Crippen LogP contribution in [0.5, 0.6) is 0 Å². The molecule has 0 bridgehead atoms. The molecular formula is C14H15ClN2O2. The van der Waals surface area contributed by atoms with Crippen LogP contribution in [0.4, 0.5) is 0 Å². The van der Waals surface area contributed by atoms with E-state index >= 15 is 0 Å². The fourth-order valence-corrected chi connectivity index (χ4v) is 1.89. The van der Waals surface area contributed by atoms with E-state index in [1.165, 1.54) is 4.68 Å². The number of aromatic carboxylic acids is 1. The highest BCUT2D eigenvalue weighted by Gasteiger charge is 2.23. The Morgan fingerprint density at radius 2 is 2.00 bits per heavy atom. The maximum atomic E-state index is 11.3. The summed E-state index contributed by atoms with van der Waals surface area (Å²) in [5.41, 5.74) is 1.28. The quantitative estimate of drug-likeness (QED) is 0.914. The minimum Gasteiger partial charge on any atom is -0.477 e. The maximum absolute atomic E-state index is 11.3. The molecule has 2 rings (SSSR count). The first-order chi connectivity index (χ1) is 8.79. The minimum atomic E-state index is -1.01. The molecule has 100 valence electrons. The summed E-state index contributed by atoms with van der Waals surface area (Å²) in [6.07, 6.45) is 0. The molecule has 1 N–H and O–H groups in total. The van der Waals surface area contributed by atoms with Gasteiger partial charge in [0, 0.05) is 10.4 Å². The highest BCUT2D eigenvalue weighted by molar-refractivity contribution is 6.30. The van der Waals surface area contributed by atoms with E-state index in [9.17, 15) is 9.90 Å². The van der Waals surface area contributed by atoms with Gasteiger partial charge in [0.1, 0.15) is 0 Å². The fourth-order valence-electron chi connectivity index (χ4n) is 1.70. The second-order valence-electron chi connectivity index (χ2n) is 5.36. The Kier molecular flexibility index (Phi) is 3.37. The topological polar surface area (TPSA) is 55.1 Å².